The van der Waals surface area contributed by atoms with Crippen LogP contribution in [0.4, 0.5) is 5.69 Å². The fraction of sp³-hybridized carbons (Fsp3) is 0.471. The number of nitrogens with zero attached hydrogens (tertiary/aromatic N) is 1. The van der Waals surface area contributed by atoms with E-state index >= 15 is 0 Å². The molecule has 124 valence electrons. The summed E-state index contributed by atoms with van der Waals surface area (Å²) in [7, 11) is 0. The van der Waals surface area contributed by atoms with Crippen LogP contribution in [0, 0.1) is 12.8 Å². The van der Waals surface area contributed by atoms with Gasteiger partial charge in [-0.3, -0.25) is 9.59 Å². The van der Waals surface area contributed by atoms with Gasteiger partial charge in [0.2, 0.25) is 11.8 Å². The fourth-order valence-corrected chi connectivity index (χ4v) is 3.14. The highest BCUT2D eigenvalue weighted by molar-refractivity contribution is 8.15. The van der Waals surface area contributed by atoms with Crippen LogP contribution in [-0.4, -0.2) is 28.8 Å². The molecule has 1 aliphatic heterocycles. The summed E-state index contributed by atoms with van der Waals surface area (Å²) in [4.78, 5) is 28.3. The van der Waals surface area contributed by atoms with E-state index < -0.39 is 5.25 Å². The third kappa shape index (κ3) is 5.71. The van der Waals surface area contributed by atoms with Crippen molar-refractivity contribution in [2.45, 2.75) is 38.9 Å². The molecule has 5 nitrogen and oxygen atoms in total. The second-order valence-electron chi connectivity index (χ2n) is 6.09. The summed E-state index contributed by atoms with van der Waals surface area (Å²) in [5, 5.41) is 5.76. The second kappa shape index (κ2) is 8.15. The van der Waals surface area contributed by atoms with E-state index in [1.165, 1.54) is 11.8 Å². The Bertz CT molecular complexity index is 614. The Morgan fingerprint density at radius 1 is 1.43 bits per heavy atom. The summed E-state index contributed by atoms with van der Waals surface area (Å²) in [5.41, 5.74) is 1.91. The van der Waals surface area contributed by atoms with Crippen molar-refractivity contribution in [1.82, 2.24) is 10.6 Å². The lowest BCUT2D eigenvalue weighted by Gasteiger charge is -2.08. The molecule has 0 radical (unpaired) electrons. The van der Waals surface area contributed by atoms with Crippen molar-refractivity contribution in [1.29, 1.82) is 0 Å². The van der Waals surface area contributed by atoms with Crippen LogP contribution in [0.3, 0.4) is 0 Å². The highest BCUT2D eigenvalue weighted by atomic mass is 32.2. The van der Waals surface area contributed by atoms with Crippen LogP contribution in [0.2, 0.25) is 0 Å². The molecular weight excluding hydrogens is 310 g/mol. The van der Waals surface area contributed by atoms with Gasteiger partial charge in [-0.05, 0) is 37.0 Å². The Labute approximate surface area is 141 Å². The molecule has 6 heteroatoms. The largest absolute Gasteiger partial charge is 0.356 e. The van der Waals surface area contributed by atoms with E-state index in [4.69, 9.17) is 0 Å². The first-order chi connectivity index (χ1) is 10.9. The molecule has 1 aliphatic rings. The summed E-state index contributed by atoms with van der Waals surface area (Å²) in [5.74, 6) is 0.308. The Kier molecular flexibility index (Phi) is 6.21. The standard InChI is InChI=1S/C17H23N3O2S/c1-11(2)7-8-18-15(21)10-14-16(22)20-17(23-14)19-13-6-4-5-12(3)9-13/h4-6,9,11,14H,7-8,10H2,1-3H3,(H,18,21)(H,19,20,22)/t14-/m1/s1. The van der Waals surface area contributed by atoms with Gasteiger partial charge in [-0.15, -0.1) is 0 Å². The van der Waals surface area contributed by atoms with E-state index in [1.54, 1.807) is 0 Å². The average Bonchev–Trinajstić information content (AvgIpc) is 2.78. The zero-order valence-electron chi connectivity index (χ0n) is 13.8. The molecule has 2 amide bonds. The topological polar surface area (TPSA) is 70.6 Å². The maximum Gasteiger partial charge on any atom is 0.240 e. The van der Waals surface area contributed by atoms with Crippen LogP contribution in [0.15, 0.2) is 29.3 Å². The van der Waals surface area contributed by atoms with Crippen LogP contribution < -0.4 is 10.6 Å². The monoisotopic (exact) mass is 333 g/mol. The molecule has 0 aliphatic carbocycles. The molecular formula is C17H23N3O2S. The number of aryl methyl sites for hydroxylation is 1. The summed E-state index contributed by atoms with van der Waals surface area (Å²) in [6.07, 6.45) is 1.12. The van der Waals surface area contributed by atoms with Crippen molar-refractivity contribution in [3.8, 4) is 0 Å². The minimum atomic E-state index is -0.405. The SMILES string of the molecule is Cc1cccc(N=C2NC(=O)[C@@H](CC(=O)NCCC(C)C)S2)c1. The minimum Gasteiger partial charge on any atom is -0.356 e. The van der Waals surface area contributed by atoms with E-state index in [0.29, 0.717) is 17.6 Å². The Morgan fingerprint density at radius 3 is 2.91 bits per heavy atom. The summed E-state index contributed by atoms with van der Waals surface area (Å²) < 4.78 is 0. The molecule has 1 atom stereocenters. The third-order valence-electron chi connectivity index (χ3n) is 3.42. The highest BCUT2D eigenvalue weighted by Crippen LogP contribution is 2.25. The lowest BCUT2D eigenvalue weighted by atomic mass is 10.1. The number of benzene rings is 1. The molecule has 0 aromatic heterocycles. The molecule has 1 aromatic carbocycles. The normalized spacial score (nSPS) is 19.2. The minimum absolute atomic E-state index is 0.0879. The van der Waals surface area contributed by atoms with Crippen molar-refractivity contribution >= 4 is 34.4 Å². The van der Waals surface area contributed by atoms with Crippen LogP contribution in [-0.2, 0) is 9.59 Å². The number of hydrogen-bond donors (Lipinski definition) is 2. The second-order valence-corrected chi connectivity index (χ2v) is 7.28. The van der Waals surface area contributed by atoms with Gasteiger partial charge in [0.1, 0.15) is 5.25 Å². The van der Waals surface area contributed by atoms with Gasteiger partial charge in [0.05, 0.1) is 5.69 Å². The van der Waals surface area contributed by atoms with Gasteiger partial charge >= 0.3 is 0 Å². The lowest BCUT2D eigenvalue weighted by molar-refractivity contribution is -0.125. The van der Waals surface area contributed by atoms with Crippen molar-refractivity contribution in [2.75, 3.05) is 6.54 Å². The first kappa shape index (κ1) is 17.5. The molecule has 0 saturated carbocycles. The zero-order chi connectivity index (χ0) is 16.8. The number of aliphatic imine (C=N–C) groups is 1. The van der Waals surface area contributed by atoms with Gasteiger partial charge in [0.25, 0.3) is 0 Å². The van der Waals surface area contributed by atoms with Gasteiger partial charge in [0, 0.05) is 13.0 Å². The first-order valence-electron chi connectivity index (χ1n) is 7.83. The lowest BCUT2D eigenvalue weighted by Crippen LogP contribution is -2.32. The molecule has 2 N–H and O–H groups in total. The Balaban J connectivity index is 1.88. The number of carbonyl (C=O) groups is 2. The molecule has 1 aromatic rings. The molecule has 1 fully saturated rings. The number of thioether (sulfide) groups is 1. The molecule has 23 heavy (non-hydrogen) atoms. The van der Waals surface area contributed by atoms with Gasteiger partial charge in [-0.25, -0.2) is 4.99 Å². The predicted octanol–water partition coefficient (Wildman–Crippen LogP) is 2.77. The van der Waals surface area contributed by atoms with Gasteiger partial charge in [0.15, 0.2) is 5.17 Å². The predicted molar refractivity (Wildman–Crippen MR) is 94.9 cm³/mol. The summed E-state index contributed by atoms with van der Waals surface area (Å²) in [6, 6.07) is 7.76. The first-order valence-corrected chi connectivity index (χ1v) is 8.71. The van der Waals surface area contributed by atoms with E-state index in [-0.39, 0.29) is 18.2 Å². The zero-order valence-corrected chi connectivity index (χ0v) is 14.6. The van der Waals surface area contributed by atoms with Gasteiger partial charge in [-0.2, -0.15) is 0 Å². The number of carbonyl (C=O) groups excluding carboxylic acids is 2. The Morgan fingerprint density at radius 2 is 2.22 bits per heavy atom. The van der Waals surface area contributed by atoms with Crippen molar-refractivity contribution in [3.05, 3.63) is 29.8 Å². The van der Waals surface area contributed by atoms with Crippen LogP contribution >= 0.6 is 11.8 Å². The number of nitrogens with one attached hydrogen (secondary N) is 2. The van der Waals surface area contributed by atoms with Crippen LogP contribution in [0.5, 0.6) is 0 Å². The molecule has 0 spiro atoms. The Hall–Kier alpha value is -1.82. The van der Waals surface area contributed by atoms with Crippen molar-refractivity contribution in [2.24, 2.45) is 10.9 Å². The quantitative estimate of drug-likeness (QED) is 0.841. The average molecular weight is 333 g/mol. The van der Waals surface area contributed by atoms with E-state index in [9.17, 15) is 9.59 Å². The number of amidine groups is 1. The smallest absolute Gasteiger partial charge is 0.240 e. The van der Waals surface area contributed by atoms with Gasteiger partial charge in [-0.1, -0.05) is 37.7 Å². The number of rotatable bonds is 6. The van der Waals surface area contributed by atoms with Gasteiger partial charge < -0.3 is 10.6 Å². The molecule has 0 bridgehead atoms. The highest BCUT2D eigenvalue weighted by Gasteiger charge is 2.31. The summed E-state index contributed by atoms with van der Waals surface area (Å²) in [6.45, 7) is 6.87. The van der Waals surface area contributed by atoms with E-state index in [0.717, 1.165) is 17.7 Å². The molecule has 1 saturated heterocycles. The van der Waals surface area contributed by atoms with Crippen molar-refractivity contribution in [3.63, 3.8) is 0 Å². The van der Waals surface area contributed by atoms with Crippen LogP contribution in [0.25, 0.3) is 0 Å². The molecule has 1 heterocycles. The molecule has 2 rings (SSSR count). The third-order valence-corrected chi connectivity index (χ3v) is 4.51. The van der Waals surface area contributed by atoms with Crippen LogP contribution in [0.1, 0.15) is 32.3 Å². The van der Waals surface area contributed by atoms with Crippen molar-refractivity contribution < 1.29 is 9.59 Å². The maximum atomic E-state index is 12.0. The molecule has 0 unspecified atom stereocenters. The van der Waals surface area contributed by atoms with E-state index in [2.05, 4.69) is 29.5 Å². The number of hydrogen-bond acceptors (Lipinski definition) is 4. The summed E-state index contributed by atoms with van der Waals surface area (Å²) >= 11 is 1.32. The number of amides is 2. The fourth-order valence-electron chi connectivity index (χ4n) is 2.15. The van der Waals surface area contributed by atoms with E-state index in [1.807, 2.05) is 31.2 Å². The maximum absolute atomic E-state index is 12.0.